The van der Waals surface area contributed by atoms with Gasteiger partial charge >= 0.3 is 0 Å². The second-order valence-corrected chi connectivity index (χ2v) is 8.39. The van der Waals surface area contributed by atoms with Gasteiger partial charge in [-0.05, 0) is 48.5 Å². The summed E-state index contributed by atoms with van der Waals surface area (Å²) in [5.74, 6) is 0.343. The average Bonchev–Trinajstić information content (AvgIpc) is 3.36. The molecule has 1 saturated heterocycles. The van der Waals surface area contributed by atoms with Crippen LogP contribution < -0.4 is 10.1 Å². The molecule has 152 valence electrons. The van der Waals surface area contributed by atoms with Crippen LogP contribution in [0.25, 0.3) is 10.1 Å². The number of ether oxygens (including phenoxy) is 1. The number of benzene rings is 2. The Morgan fingerprint density at radius 2 is 2.03 bits per heavy atom. The number of thiophene rings is 1. The molecule has 0 spiro atoms. The lowest BCUT2D eigenvalue weighted by Crippen LogP contribution is -2.24. The summed E-state index contributed by atoms with van der Waals surface area (Å²) in [5, 5.41) is 3.99. The first kappa shape index (κ1) is 19.9. The van der Waals surface area contributed by atoms with Gasteiger partial charge in [0.05, 0.1) is 11.5 Å². The number of likely N-dealkylation sites (tertiary alicyclic amines) is 1. The molecule has 1 unspecified atom stereocenters. The van der Waals surface area contributed by atoms with Crippen molar-refractivity contribution in [3.05, 3.63) is 64.8 Å². The van der Waals surface area contributed by atoms with E-state index in [1.54, 1.807) is 36.6 Å². The molecule has 6 heteroatoms. The standard InChI is InChI=1S/C23H25FN2O2S/c1-25-23(27)22-21(17-7-2-5-10-20(17)29-22)16-11-13-26(15-16)12-6-14-28-19-9-4-3-8-18(19)24/h2-5,7-10,16H,6,11-15H2,1H3,(H,25,27). The zero-order valence-electron chi connectivity index (χ0n) is 16.5. The van der Waals surface area contributed by atoms with Crippen LogP contribution in [-0.4, -0.2) is 44.1 Å². The van der Waals surface area contributed by atoms with E-state index in [2.05, 4.69) is 22.3 Å². The fourth-order valence-corrected chi connectivity index (χ4v) is 5.29. The summed E-state index contributed by atoms with van der Waals surface area (Å²) in [4.78, 5) is 15.7. The van der Waals surface area contributed by atoms with Crippen molar-refractivity contribution < 1.29 is 13.9 Å². The zero-order chi connectivity index (χ0) is 20.2. The van der Waals surface area contributed by atoms with E-state index in [1.165, 1.54) is 17.0 Å². The Labute approximate surface area is 174 Å². The van der Waals surface area contributed by atoms with Gasteiger partial charge < -0.3 is 15.0 Å². The van der Waals surface area contributed by atoms with E-state index >= 15 is 0 Å². The third-order valence-electron chi connectivity index (χ3n) is 5.46. The number of para-hydroxylation sites is 1. The summed E-state index contributed by atoms with van der Waals surface area (Å²) in [5.41, 5.74) is 1.19. The molecule has 0 radical (unpaired) electrons. The SMILES string of the molecule is CNC(=O)c1sc2ccccc2c1C1CCN(CCCOc2ccccc2F)C1. The number of hydrogen-bond donors (Lipinski definition) is 1. The number of halogens is 1. The molecular formula is C23H25FN2O2S. The van der Waals surface area contributed by atoms with Crippen molar-refractivity contribution >= 4 is 27.3 Å². The molecule has 2 aromatic carbocycles. The minimum Gasteiger partial charge on any atom is -0.490 e. The monoisotopic (exact) mass is 412 g/mol. The highest BCUT2D eigenvalue weighted by Crippen LogP contribution is 2.40. The largest absolute Gasteiger partial charge is 0.490 e. The number of carbonyl (C=O) groups is 1. The van der Waals surface area contributed by atoms with E-state index in [0.717, 1.165) is 42.1 Å². The second kappa shape index (κ2) is 8.93. The van der Waals surface area contributed by atoms with Gasteiger partial charge in [-0.3, -0.25) is 4.79 Å². The number of hydrogen-bond acceptors (Lipinski definition) is 4. The van der Waals surface area contributed by atoms with Crippen molar-refractivity contribution in [1.82, 2.24) is 10.2 Å². The van der Waals surface area contributed by atoms with Crippen LogP contribution in [0.1, 0.15) is 34.0 Å². The molecule has 1 aromatic heterocycles. The van der Waals surface area contributed by atoms with Gasteiger partial charge in [-0.2, -0.15) is 0 Å². The van der Waals surface area contributed by atoms with Crippen LogP contribution in [0.15, 0.2) is 48.5 Å². The Morgan fingerprint density at radius 1 is 1.24 bits per heavy atom. The van der Waals surface area contributed by atoms with E-state index in [0.29, 0.717) is 18.3 Å². The number of amides is 1. The molecule has 29 heavy (non-hydrogen) atoms. The lowest BCUT2D eigenvalue weighted by Gasteiger charge is -2.17. The number of rotatable bonds is 7. The van der Waals surface area contributed by atoms with Gasteiger partial charge in [-0.15, -0.1) is 11.3 Å². The topological polar surface area (TPSA) is 41.6 Å². The molecule has 3 aromatic rings. The van der Waals surface area contributed by atoms with Crippen molar-refractivity contribution in [2.75, 3.05) is 33.3 Å². The van der Waals surface area contributed by atoms with Crippen LogP contribution in [0.3, 0.4) is 0 Å². The maximum Gasteiger partial charge on any atom is 0.261 e. The zero-order valence-corrected chi connectivity index (χ0v) is 17.3. The van der Waals surface area contributed by atoms with Gasteiger partial charge in [0.25, 0.3) is 5.91 Å². The number of nitrogens with zero attached hydrogens (tertiary/aromatic N) is 1. The molecule has 4 nitrogen and oxygen atoms in total. The highest BCUT2D eigenvalue weighted by atomic mass is 32.1. The van der Waals surface area contributed by atoms with Crippen LogP contribution >= 0.6 is 11.3 Å². The van der Waals surface area contributed by atoms with E-state index in [-0.39, 0.29) is 11.7 Å². The molecule has 1 fully saturated rings. The molecule has 1 atom stereocenters. The van der Waals surface area contributed by atoms with Crippen molar-refractivity contribution in [1.29, 1.82) is 0 Å². The highest BCUT2D eigenvalue weighted by Gasteiger charge is 2.30. The average molecular weight is 413 g/mol. The third-order valence-corrected chi connectivity index (χ3v) is 6.65. The maximum atomic E-state index is 13.6. The predicted octanol–water partition coefficient (Wildman–Crippen LogP) is 4.66. The van der Waals surface area contributed by atoms with Gasteiger partial charge in [-0.1, -0.05) is 30.3 Å². The van der Waals surface area contributed by atoms with Crippen molar-refractivity contribution in [3.63, 3.8) is 0 Å². The molecule has 1 amide bonds. The first-order valence-corrected chi connectivity index (χ1v) is 10.8. The summed E-state index contributed by atoms with van der Waals surface area (Å²) >= 11 is 1.58. The fourth-order valence-electron chi connectivity index (χ4n) is 4.06. The number of nitrogens with one attached hydrogen (secondary N) is 1. The number of carbonyl (C=O) groups excluding carboxylic acids is 1. The Balaban J connectivity index is 1.39. The Morgan fingerprint density at radius 3 is 2.86 bits per heavy atom. The highest BCUT2D eigenvalue weighted by molar-refractivity contribution is 7.21. The van der Waals surface area contributed by atoms with Crippen LogP contribution in [-0.2, 0) is 0 Å². The molecule has 4 rings (SSSR count). The molecule has 2 heterocycles. The van der Waals surface area contributed by atoms with E-state index in [4.69, 9.17) is 4.74 Å². The summed E-state index contributed by atoms with van der Waals surface area (Å²) in [6.45, 7) is 3.33. The van der Waals surface area contributed by atoms with Crippen molar-refractivity contribution in [2.45, 2.75) is 18.8 Å². The van der Waals surface area contributed by atoms with Gasteiger partial charge in [0, 0.05) is 30.8 Å². The minimum absolute atomic E-state index is 0.00191. The van der Waals surface area contributed by atoms with Crippen molar-refractivity contribution in [2.24, 2.45) is 0 Å². The fraction of sp³-hybridized carbons (Fsp3) is 0.348. The molecular weight excluding hydrogens is 387 g/mol. The van der Waals surface area contributed by atoms with Crippen LogP contribution in [0.5, 0.6) is 5.75 Å². The molecule has 0 saturated carbocycles. The van der Waals surface area contributed by atoms with E-state index < -0.39 is 0 Å². The smallest absolute Gasteiger partial charge is 0.261 e. The predicted molar refractivity (Wildman–Crippen MR) is 116 cm³/mol. The molecule has 0 bridgehead atoms. The van der Waals surface area contributed by atoms with E-state index in [9.17, 15) is 9.18 Å². The van der Waals surface area contributed by atoms with Crippen LogP contribution in [0, 0.1) is 5.82 Å². The Hall–Kier alpha value is -2.44. The summed E-state index contributed by atoms with van der Waals surface area (Å²) in [7, 11) is 1.69. The maximum absolute atomic E-state index is 13.6. The van der Waals surface area contributed by atoms with E-state index in [1.807, 2.05) is 12.1 Å². The Kier molecular flexibility index (Phi) is 6.11. The lowest BCUT2D eigenvalue weighted by atomic mass is 9.95. The summed E-state index contributed by atoms with van der Waals surface area (Å²) < 4.78 is 20.3. The van der Waals surface area contributed by atoms with Gasteiger partial charge in [0.15, 0.2) is 11.6 Å². The summed E-state index contributed by atoms with van der Waals surface area (Å²) in [6, 6.07) is 14.8. The molecule has 0 aliphatic carbocycles. The van der Waals surface area contributed by atoms with Crippen LogP contribution in [0.2, 0.25) is 0 Å². The molecule has 1 aliphatic heterocycles. The quantitative estimate of drug-likeness (QED) is 0.574. The summed E-state index contributed by atoms with van der Waals surface area (Å²) in [6.07, 6.45) is 1.88. The van der Waals surface area contributed by atoms with Crippen molar-refractivity contribution in [3.8, 4) is 5.75 Å². The first-order valence-electron chi connectivity index (χ1n) is 10.0. The van der Waals surface area contributed by atoms with Crippen LogP contribution in [0.4, 0.5) is 4.39 Å². The first-order chi connectivity index (χ1) is 14.2. The molecule has 1 N–H and O–H groups in total. The minimum atomic E-state index is -0.320. The second-order valence-electron chi connectivity index (χ2n) is 7.34. The Bertz CT molecular complexity index is 1000. The number of fused-ring (bicyclic) bond motifs is 1. The molecule has 1 aliphatic rings. The lowest BCUT2D eigenvalue weighted by molar-refractivity contribution is 0.0966. The van der Waals surface area contributed by atoms with Gasteiger partial charge in [0.2, 0.25) is 0 Å². The van der Waals surface area contributed by atoms with Gasteiger partial charge in [-0.25, -0.2) is 4.39 Å². The van der Waals surface area contributed by atoms with Gasteiger partial charge in [0.1, 0.15) is 0 Å². The normalized spacial score (nSPS) is 17.0. The third kappa shape index (κ3) is 4.28.